The van der Waals surface area contributed by atoms with Crippen molar-refractivity contribution in [2.75, 3.05) is 6.61 Å². The zero-order valence-corrected chi connectivity index (χ0v) is 14.0. The van der Waals surface area contributed by atoms with Gasteiger partial charge in [0.1, 0.15) is 24.4 Å². The second-order valence-electron chi connectivity index (χ2n) is 6.79. The number of nitrogens with zero attached hydrogens (tertiary/aromatic N) is 1. The number of aromatic nitrogens is 2. The third-order valence-electron chi connectivity index (χ3n) is 5.03. The van der Waals surface area contributed by atoms with Crippen molar-refractivity contribution in [3.05, 3.63) is 68.5 Å². The lowest BCUT2D eigenvalue weighted by molar-refractivity contribution is -0.289. The average Bonchev–Trinajstić information content (AvgIpc) is 3.46. The van der Waals surface area contributed by atoms with Crippen molar-refractivity contribution < 1.29 is 18.9 Å². The SMILES string of the molecule is Cc1cn([C@@H]2O[C@@H]3COC(c4ccccc4)O[C@H]3[C@@H]3O[C@@H]32)c(=O)[nH]c1=O. The highest BCUT2D eigenvalue weighted by molar-refractivity contribution is 5.17. The van der Waals surface area contributed by atoms with Crippen molar-refractivity contribution in [3.63, 3.8) is 0 Å². The normalized spacial score (nSPS) is 35.4. The van der Waals surface area contributed by atoms with E-state index < -0.39 is 23.8 Å². The van der Waals surface area contributed by atoms with Crippen LogP contribution in [-0.4, -0.2) is 40.6 Å². The molecule has 1 N–H and O–H groups in total. The maximum Gasteiger partial charge on any atom is 0.330 e. The lowest BCUT2D eigenvalue weighted by atomic mass is 10.0. The zero-order chi connectivity index (χ0) is 17.8. The van der Waals surface area contributed by atoms with Gasteiger partial charge in [-0.25, -0.2) is 4.79 Å². The summed E-state index contributed by atoms with van der Waals surface area (Å²) < 4.78 is 25.1. The highest BCUT2D eigenvalue weighted by Crippen LogP contribution is 2.46. The van der Waals surface area contributed by atoms with Gasteiger partial charge >= 0.3 is 5.69 Å². The van der Waals surface area contributed by atoms with Gasteiger partial charge in [0.15, 0.2) is 12.5 Å². The van der Waals surface area contributed by atoms with Crippen LogP contribution < -0.4 is 11.2 Å². The van der Waals surface area contributed by atoms with Gasteiger partial charge in [-0.2, -0.15) is 0 Å². The van der Waals surface area contributed by atoms with Crippen LogP contribution in [0.25, 0.3) is 0 Å². The fourth-order valence-corrected chi connectivity index (χ4v) is 3.62. The predicted molar refractivity (Wildman–Crippen MR) is 88.6 cm³/mol. The topological polar surface area (TPSA) is 95.1 Å². The highest BCUT2D eigenvalue weighted by atomic mass is 16.7. The zero-order valence-electron chi connectivity index (χ0n) is 14.0. The van der Waals surface area contributed by atoms with Crippen LogP contribution in [0.15, 0.2) is 46.1 Å². The molecule has 5 rings (SSSR count). The van der Waals surface area contributed by atoms with Gasteiger partial charge in [-0.1, -0.05) is 30.3 Å². The molecular formula is C18H18N2O6. The average molecular weight is 358 g/mol. The first-order valence-corrected chi connectivity index (χ1v) is 8.57. The molecule has 26 heavy (non-hydrogen) atoms. The third-order valence-corrected chi connectivity index (χ3v) is 5.03. The van der Waals surface area contributed by atoms with Crippen molar-refractivity contribution in [3.8, 4) is 0 Å². The lowest BCUT2D eigenvalue weighted by Gasteiger charge is -2.40. The summed E-state index contributed by atoms with van der Waals surface area (Å²) in [4.78, 5) is 26.0. The van der Waals surface area contributed by atoms with Crippen molar-refractivity contribution in [1.29, 1.82) is 0 Å². The first-order valence-electron chi connectivity index (χ1n) is 8.57. The number of H-pyrrole nitrogens is 1. The second-order valence-corrected chi connectivity index (χ2v) is 6.79. The summed E-state index contributed by atoms with van der Waals surface area (Å²) in [5.74, 6) is 0. The molecule has 0 bridgehead atoms. The summed E-state index contributed by atoms with van der Waals surface area (Å²) in [5, 5.41) is 0. The molecular weight excluding hydrogens is 340 g/mol. The van der Waals surface area contributed by atoms with Crippen LogP contribution in [0.2, 0.25) is 0 Å². The monoisotopic (exact) mass is 358 g/mol. The van der Waals surface area contributed by atoms with E-state index in [-0.39, 0.29) is 24.4 Å². The summed E-state index contributed by atoms with van der Waals surface area (Å²) >= 11 is 0. The first-order chi connectivity index (χ1) is 12.6. The Labute approximate surface area is 148 Å². The molecule has 0 saturated carbocycles. The summed E-state index contributed by atoms with van der Waals surface area (Å²) in [7, 11) is 0. The Balaban J connectivity index is 1.38. The van der Waals surface area contributed by atoms with Crippen LogP contribution >= 0.6 is 0 Å². The van der Waals surface area contributed by atoms with Crippen LogP contribution in [0.1, 0.15) is 23.6 Å². The molecule has 1 unspecified atom stereocenters. The van der Waals surface area contributed by atoms with E-state index in [1.807, 2.05) is 30.3 Å². The summed E-state index contributed by atoms with van der Waals surface area (Å²) in [6.45, 7) is 1.98. The number of epoxide rings is 1. The standard InChI is InChI=1S/C18H18N2O6/c1-9-7-20(18(22)19-15(9)21)16-14-13(25-14)12-11(24-16)8-23-17(26-12)10-5-3-2-4-6-10/h2-7,11-14,16-17H,8H2,1H3,(H,19,21,22)/t11-,12-,13+,14+,16-,17?/m1/s1. The lowest BCUT2D eigenvalue weighted by Crippen LogP contribution is -2.52. The minimum Gasteiger partial charge on any atom is -0.362 e. The number of hydrogen-bond acceptors (Lipinski definition) is 6. The van der Waals surface area contributed by atoms with Gasteiger partial charge in [0, 0.05) is 17.3 Å². The van der Waals surface area contributed by atoms with E-state index in [1.54, 1.807) is 6.92 Å². The molecule has 1 aromatic heterocycles. The van der Waals surface area contributed by atoms with E-state index in [0.717, 1.165) is 5.56 Å². The minimum absolute atomic E-state index is 0.159. The van der Waals surface area contributed by atoms with Crippen molar-refractivity contribution in [1.82, 2.24) is 9.55 Å². The number of ether oxygens (including phenoxy) is 4. The Morgan fingerprint density at radius 2 is 1.85 bits per heavy atom. The first kappa shape index (κ1) is 16.0. The minimum atomic E-state index is -0.607. The number of rotatable bonds is 2. The Kier molecular flexibility index (Phi) is 3.61. The quantitative estimate of drug-likeness (QED) is 0.791. The number of fused-ring (bicyclic) bond motifs is 3. The number of aromatic amines is 1. The molecule has 3 fully saturated rings. The molecule has 8 heteroatoms. The van der Waals surface area contributed by atoms with Crippen molar-refractivity contribution in [2.45, 2.75) is 43.9 Å². The van der Waals surface area contributed by atoms with Gasteiger partial charge in [0.25, 0.3) is 5.56 Å². The van der Waals surface area contributed by atoms with Crippen LogP contribution in [0, 0.1) is 6.92 Å². The molecule has 0 radical (unpaired) electrons. The highest BCUT2D eigenvalue weighted by Gasteiger charge is 2.61. The molecule has 3 saturated heterocycles. The molecule has 6 atom stereocenters. The smallest absolute Gasteiger partial charge is 0.330 e. The van der Waals surface area contributed by atoms with E-state index >= 15 is 0 Å². The number of benzene rings is 1. The molecule has 1 aromatic carbocycles. The number of aryl methyl sites for hydroxylation is 1. The molecule has 0 amide bonds. The maximum atomic E-state index is 12.2. The van der Waals surface area contributed by atoms with Gasteiger partial charge in [0.05, 0.1) is 6.61 Å². The third kappa shape index (κ3) is 2.53. The molecule has 3 aliphatic heterocycles. The van der Waals surface area contributed by atoms with Gasteiger partial charge in [-0.15, -0.1) is 0 Å². The Morgan fingerprint density at radius 1 is 1.04 bits per heavy atom. The summed E-state index contributed by atoms with van der Waals surface area (Å²) in [6, 6.07) is 9.70. The largest absolute Gasteiger partial charge is 0.362 e. The molecule has 2 aromatic rings. The Bertz CT molecular complexity index is 939. The van der Waals surface area contributed by atoms with Crippen molar-refractivity contribution in [2.24, 2.45) is 0 Å². The van der Waals surface area contributed by atoms with Crippen LogP contribution in [0.3, 0.4) is 0 Å². The second kappa shape index (κ2) is 5.88. The maximum absolute atomic E-state index is 12.2. The van der Waals surface area contributed by atoms with E-state index in [2.05, 4.69) is 4.98 Å². The molecule has 136 valence electrons. The van der Waals surface area contributed by atoms with E-state index in [0.29, 0.717) is 12.2 Å². The molecule has 0 spiro atoms. The molecule has 0 aliphatic carbocycles. The fraction of sp³-hybridized carbons (Fsp3) is 0.444. The summed E-state index contributed by atoms with van der Waals surface area (Å²) in [5.41, 5.74) is 0.465. The van der Waals surface area contributed by atoms with E-state index in [9.17, 15) is 9.59 Å². The van der Waals surface area contributed by atoms with Gasteiger partial charge in [-0.05, 0) is 6.92 Å². The van der Waals surface area contributed by atoms with E-state index in [4.69, 9.17) is 18.9 Å². The number of hydrogen-bond donors (Lipinski definition) is 1. The van der Waals surface area contributed by atoms with Crippen LogP contribution in [-0.2, 0) is 18.9 Å². The van der Waals surface area contributed by atoms with Crippen LogP contribution in [0.4, 0.5) is 0 Å². The van der Waals surface area contributed by atoms with Crippen LogP contribution in [0.5, 0.6) is 0 Å². The molecule has 4 heterocycles. The fourth-order valence-electron chi connectivity index (χ4n) is 3.62. The van der Waals surface area contributed by atoms with Gasteiger partial charge in [0.2, 0.25) is 0 Å². The Hall–Kier alpha value is -2.26. The van der Waals surface area contributed by atoms with E-state index in [1.165, 1.54) is 10.8 Å². The Morgan fingerprint density at radius 3 is 2.65 bits per heavy atom. The number of nitrogens with one attached hydrogen (secondary N) is 1. The van der Waals surface area contributed by atoms with Crippen molar-refractivity contribution >= 4 is 0 Å². The predicted octanol–water partition coefficient (Wildman–Crippen LogP) is 0.624. The summed E-state index contributed by atoms with van der Waals surface area (Å²) in [6.07, 6.45) is -0.605. The molecule has 3 aliphatic rings. The molecule has 8 nitrogen and oxygen atoms in total. The van der Waals surface area contributed by atoms with Gasteiger partial charge < -0.3 is 18.9 Å². The van der Waals surface area contributed by atoms with Gasteiger partial charge in [-0.3, -0.25) is 14.3 Å².